The van der Waals surface area contributed by atoms with Gasteiger partial charge in [0.15, 0.2) is 5.82 Å². The Hall–Kier alpha value is -3.63. The van der Waals surface area contributed by atoms with E-state index in [1.807, 2.05) is 0 Å². The van der Waals surface area contributed by atoms with Gasteiger partial charge in [-0.05, 0) is 30.3 Å². The van der Waals surface area contributed by atoms with E-state index in [1.54, 1.807) is 18.3 Å². The van der Waals surface area contributed by atoms with E-state index in [1.165, 1.54) is 28.9 Å². The van der Waals surface area contributed by atoms with Crippen molar-refractivity contribution in [2.24, 2.45) is 0 Å². The molecule has 0 aromatic carbocycles. The molecule has 0 aliphatic rings. The summed E-state index contributed by atoms with van der Waals surface area (Å²) in [6.45, 7) is 0. The lowest BCUT2D eigenvalue weighted by atomic mass is 10.2. The van der Waals surface area contributed by atoms with Crippen LogP contribution < -0.4 is 5.32 Å². The quantitative estimate of drug-likeness (QED) is 0.489. The minimum Gasteiger partial charge on any atom is -0.338 e. The maximum Gasteiger partial charge on any atom is 0.433 e. The Morgan fingerprint density at radius 2 is 1.83 bits per heavy atom. The molecule has 4 aromatic heterocycles. The summed E-state index contributed by atoms with van der Waals surface area (Å²) < 4.78 is 66.8. The summed E-state index contributed by atoms with van der Waals surface area (Å²) in [6, 6.07) is 7.99. The smallest absolute Gasteiger partial charge is 0.338 e. The van der Waals surface area contributed by atoms with Gasteiger partial charge in [-0.15, -0.1) is 5.10 Å². The molecule has 0 aliphatic heterocycles. The summed E-state index contributed by atoms with van der Waals surface area (Å²) >= 11 is 0. The fraction of sp³-hybridized carbons (Fsp3) is 0.111. The third-order valence-corrected chi connectivity index (χ3v) is 4.00. The molecule has 4 aromatic rings. The highest BCUT2D eigenvalue weighted by Gasteiger charge is 2.32. The van der Waals surface area contributed by atoms with Gasteiger partial charge in [-0.3, -0.25) is 4.98 Å². The van der Waals surface area contributed by atoms with Crippen molar-refractivity contribution < 1.29 is 22.0 Å². The standard InChI is InChI=1S/C18H11F5N6/c19-15(20)10-9-24-7-6-11(10)26-17-13-4-2-8-29(13)28-16(27-17)12-3-1-5-14(25-12)18(21,22)23/h1-9,15H,(H,24,26,27,28). The first-order valence-electron chi connectivity index (χ1n) is 8.22. The van der Waals surface area contributed by atoms with Crippen LogP contribution in [0, 0.1) is 0 Å². The van der Waals surface area contributed by atoms with Gasteiger partial charge in [0, 0.05) is 18.6 Å². The molecule has 0 spiro atoms. The van der Waals surface area contributed by atoms with Crippen LogP contribution in [-0.4, -0.2) is 24.6 Å². The normalized spacial score (nSPS) is 11.9. The molecule has 6 nitrogen and oxygen atoms in total. The SMILES string of the molecule is FC(F)c1cnccc1Nc1nc(-c2cccc(C(F)(F)F)n2)nn2cccc12. The van der Waals surface area contributed by atoms with E-state index >= 15 is 0 Å². The van der Waals surface area contributed by atoms with Gasteiger partial charge in [0.1, 0.15) is 16.9 Å². The molecule has 0 fully saturated rings. The lowest BCUT2D eigenvalue weighted by Crippen LogP contribution is -2.10. The number of pyridine rings is 2. The number of fused-ring (bicyclic) bond motifs is 1. The van der Waals surface area contributed by atoms with E-state index in [-0.39, 0.29) is 28.6 Å². The highest BCUT2D eigenvalue weighted by atomic mass is 19.4. The maximum atomic E-state index is 13.3. The number of nitrogens with zero attached hydrogens (tertiary/aromatic N) is 5. The van der Waals surface area contributed by atoms with Gasteiger partial charge in [-0.1, -0.05) is 6.07 Å². The second kappa shape index (κ2) is 7.08. The number of hydrogen-bond acceptors (Lipinski definition) is 5. The van der Waals surface area contributed by atoms with E-state index < -0.39 is 18.3 Å². The second-order valence-corrected chi connectivity index (χ2v) is 5.92. The first-order chi connectivity index (χ1) is 13.8. The third kappa shape index (κ3) is 3.71. The fourth-order valence-electron chi connectivity index (χ4n) is 2.67. The van der Waals surface area contributed by atoms with Crippen molar-refractivity contribution in [3.05, 3.63) is 66.2 Å². The monoisotopic (exact) mass is 406 g/mol. The minimum atomic E-state index is -4.63. The first kappa shape index (κ1) is 18.7. The largest absolute Gasteiger partial charge is 0.433 e. The molecular formula is C18H11F5N6. The molecule has 148 valence electrons. The summed E-state index contributed by atoms with van der Waals surface area (Å²) in [5.74, 6) is 0.0299. The molecule has 0 saturated carbocycles. The average molecular weight is 406 g/mol. The van der Waals surface area contributed by atoms with Crippen LogP contribution in [0.15, 0.2) is 55.0 Å². The van der Waals surface area contributed by atoms with Crippen LogP contribution in [0.4, 0.5) is 33.5 Å². The van der Waals surface area contributed by atoms with E-state index in [4.69, 9.17) is 0 Å². The zero-order valence-electron chi connectivity index (χ0n) is 14.4. The van der Waals surface area contributed by atoms with E-state index in [0.29, 0.717) is 5.52 Å². The third-order valence-electron chi connectivity index (χ3n) is 4.00. The van der Waals surface area contributed by atoms with Gasteiger partial charge in [0.05, 0.1) is 11.3 Å². The van der Waals surface area contributed by atoms with Gasteiger partial charge in [0.2, 0.25) is 5.82 Å². The molecule has 0 radical (unpaired) electrons. The van der Waals surface area contributed by atoms with Crippen LogP contribution in [0.2, 0.25) is 0 Å². The van der Waals surface area contributed by atoms with Crippen LogP contribution in [0.3, 0.4) is 0 Å². The van der Waals surface area contributed by atoms with Crippen LogP contribution in [-0.2, 0) is 6.18 Å². The Balaban J connectivity index is 1.82. The molecule has 0 bridgehead atoms. The van der Waals surface area contributed by atoms with Crippen molar-refractivity contribution in [1.29, 1.82) is 0 Å². The highest BCUT2D eigenvalue weighted by molar-refractivity contribution is 5.75. The Labute approximate surface area is 160 Å². The van der Waals surface area contributed by atoms with Crippen molar-refractivity contribution in [3.8, 4) is 11.5 Å². The van der Waals surface area contributed by atoms with Gasteiger partial charge in [-0.25, -0.2) is 23.3 Å². The Morgan fingerprint density at radius 1 is 1.00 bits per heavy atom. The van der Waals surface area contributed by atoms with Crippen LogP contribution in [0.25, 0.3) is 17.0 Å². The maximum absolute atomic E-state index is 13.3. The molecule has 0 amide bonds. The number of halogens is 5. The molecule has 29 heavy (non-hydrogen) atoms. The van der Waals surface area contributed by atoms with Crippen molar-refractivity contribution in [2.75, 3.05) is 5.32 Å². The van der Waals surface area contributed by atoms with Crippen LogP contribution in [0.1, 0.15) is 17.7 Å². The zero-order chi connectivity index (χ0) is 20.6. The number of aromatic nitrogens is 5. The van der Waals surface area contributed by atoms with Crippen molar-refractivity contribution >= 4 is 17.0 Å². The molecule has 0 saturated heterocycles. The summed E-state index contributed by atoms with van der Waals surface area (Å²) in [7, 11) is 0. The minimum absolute atomic E-state index is 0.0692. The first-order valence-corrected chi connectivity index (χ1v) is 8.22. The number of nitrogens with one attached hydrogen (secondary N) is 1. The van der Waals surface area contributed by atoms with E-state index in [2.05, 4.69) is 25.4 Å². The van der Waals surface area contributed by atoms with Crippen molar-refractivity contribution in [1.82, 2.24) is 24.6 Å². The number of anilines is 2. The van der Waals surface area contributed by atoms with E-state index in [0.717, 1.165) is 12.3 Å². The summed E-state index contributed by atoms with van der Waals surface area (Å²) in [5.41, 5.74) is -1.02. The molecule has 4 heterocycles. The summed E-state index contributed by atoms with van der Waals surface area (Å²) in [6.07, 6.45) is -3.49. The van der Waals surface area contributed by atoms with Gasteiger partial charge >= 0.3 is 6.18 Å². The molecular weight excluding hydrogens is 395 g/mol. The highest BCUT2D eigenvalue weighted by Crippen LogP contribution is 2.31. The second-order valence-electron chi connectivity index (χ2n) is 5.92. The van der Waals surface area contributed by atoms with Gasteiger partial charge < -0.3 is 5.32 Å². The Bertz CT molecular complexity index is 1170. The van der Waals surface area contributed by atoms with E-state index in [9.17, 15) is 22.0 Å². The lowest BCUT2D eigenvalue weighted by Gasteiger charge is -2.13. The zero-order valence-corrected chi connectivity index (χ0v) is 14.4. The van der Waals surface area contributed by atoms with Crippen molar-refractivity contribution in [3.63, 3.8) is 0 Å². The summed E-state index contributed by atoms with van der Waals surface area (Å²) in [4.78, 5) is 11.5. The Morgan fingerprint density at radius 3 is 2.59 bits per heavy atom. The predicted molar refractivity (Wildman–Crippen MR) is 93.7 cm³/mol. The number of rotatable bonds is 4. The summed E-state index contributed by atoms with van der Waals surface area (Å²) in [5, 5.41) is 6.96. The van der Waals surface area contributed by atoms with Gasteiger partial charge in [-0.2, -0.15) is 13.2 Å². The molecule has 1 N–H and O–H groups in total. The lowest BCUT2D eigenvalue weighted by molar-refractivity contribution is -0.141. The topological polar surface area (TPSA) is 68.0 Å². The predicted octanol–water partition coefficient (Wildman–Crippen LogP) is 4.89. The fourth-order valence-corrected chi connectivity index (χ4v) is 2.67. The van der Waals surface area contributed by atoms with Crippen LogP contribution >= 0.6 is 0 Å². The number of hydrogen-bond donors (Lipinski definition) is 1. The molecule has 11 heteroatoms. The van der Waals surface area contributed by atoms with Gasteiger partial charge in [0.25, 0.3) is 6.43 Å². The van der Waals surface area contributed by atoms with Crippen molar-refractivity contribution in [2.45, 2.75) is 12.6 Å². The Kier molecular flexibility index (Phi) is 4.57. The molecule has 0 unspecified atom stereocenters. The van der Waals surface area contributed by atoms with Crippen LogP contribution in [0.5, 0.6) is 0 Å². The average Bonchev–Trinajstić information content (AvgIpc) is 3.17. The number of alkyl halides is 5. The molecule has 0 atom stereocenters. The molecule has 4 rings (SSSR count). The molecule has 0 aliphatic carbocycles.